The van der Waals surface area contributed by atoms with Crippen LogP contribution in [0.5, 0.6) is 0 Å². The normalized spacial score (nSPS) is 12.3. The summed E-state index contributed by atoms with van der Waals surface area (Å²) in [5, 5.41) is 4.20. The summed E-state index contributed by atoms with van der Waals surface area (Å²) in [7, 11) is 0. The number of rotatable bonds is 4. The van der Waals surface area contributed by atoms with Gasteiger partial charge in [0, 0.05) is 32.8 Å². The number of carbonyl (C=O) groups excluding carboxylic acids is 1. The second kappa shape index (κ2) is 5.74. The van der Waals surface area contributed by atoms with Crippen LogP contribution < -0.4 is 5.32 Å². The molecule has 1 atom stereocenters. The van der Waals surface area contributed by atoms with Crippen LogP contribution in [0.1, 0.15) is 17.3 Å². The Labute approximate surface area is 131 Å². The van der Waals surface area contributed by atoms with Gasteiger partial charge >= 0.3 is 0 Å². The molecule has 1 aromatic heterocycles. The number of H-pyrrole nitrogens is 1. The number of carbonyl (C=O) groups is 1. The third-order valence-electron chi connectivity index (χ3n) is 3.48. The Morgan fingerprint density at radius 3 is 2.62 bits per heavy atom. The first kappa shape index (κ1) is 13.9. The summed E-state index contributed by atoms with van der Waals surface area (Å²) in [5.74, 6) is 0.0790. The van der Waals surface area contributed by atoms with Gasteiger partial charge in [-0.15, -0.1) is 0 Å². The fourth-order valence-electron chi connectivity index (χ4n) is 2.37. The van der Waals surface area contributed by atoms with Crippen molar-refractivity contribution in [3.05, 3.63) is 64.8 Å². The highest BCUT2D eigenvalue weighted by Crippen LogP contribution is 2.21. The van der Waals surface area contributed by atoms with Crippen molar-refractivity contribution in [2.24, 2.45) is 0 Å². The lowest BCUT2D eigenvalue weighted by Crippen LogP contribution is -2.25. The monoisotopic (exact) mass is 342 g/mol. The van der Waals surface area contributed by atoms with Gasteiger partial charge in [0.1, 0.15) is 0 Å². The molecule has 0 aliphatic carbocycles. The molecule has 0 aliphatic heterocycles. The predicted octanol–water partition coefficient (Wildman–Crippen LogP) is 4.61. The fraction of sp³-hybridized carbons (Fsp3) is 0.118. The minimum atomic E-state index is -0.287. The number of benzene rings is 2. The van der Waals surface area contributed by atoms with Crippen LogP contribution in [-0.2, 0) is 0 Å². The molecular formula is C17H15BrN2O. The number of aromatic amines is 1. The number of Topliss-reactive ketones (excluding diaryl/α,β-unsaturated/α-hetero) is 1. The molecule has 0 spiro atoms. The third kappa shape index (κ3) is 2.85. The van der Waals surface area contributed by atoms with Crippen LogP contribution in [0, 0.1) is 0 Å². The summed E-state index contributed by atoms with van der Waals surface area (Å²) in [6.45, 7) is 1.88. The maximum absolute atomic E-state index is 12.6. The highest BCUT2D eigenvalue weighted by molar-refractivity contribution is 9.10. The summed E-state index contributed by atoms with van der Waals surface area (Å²) in [5.41, 5.74) is 2.64. The summed E-state index contributed by atoms with van der Waals surface area (Å²) in [6, 6.07) is 15.3. The van der Waals surface area contributed by atoms with E-state index in [0.29, 0.717) is 0 Å². The van der Waals surface area contributed by atoms with E-state index in [1.165, 1.54) is 0 Å². The van der Waals surface area contributed by atoms with Crippen LogP contribution in [-0.4, -0.2) is 16.8 Å². The lowest BCUT2D eigenvalue weighted by atomic mass is 10.0. The topological polar surface area (TPSA) is 44.9 Å². The molecule has 4 heteroatoms. The van der Waals surface area contributed by atoms with Crippen molar-refractivity contribution in [3.63, 3.8) is 0 Å². The number of nitrogens with one attached hydrogen (secondary N) is 2. The maximum Gasteiger partial charge on any atom is 0.186 e. The lowest BCUT2D eigenvalue weighted by Gasteiger charge is -2.14. The maximum atomic E-state index is 12.6. The lowest BCUT2D eigenvalue weighted by molar-refractivity contribution is 0.0977. The van der Waals surface area contributed by atoms with E-state index in [0.717, 1.165) is 26.6 Å². The molecule has 1 heterocycles. The Bertz CT molecular complexity index is 777. The molecule has 0 aliphatic rings. The van der Waals surface area contributed by atoms with Crippen molar-refractivity contribution in [1.82, 2.24) is 4.98 Å². The molecule has 0 bridgehead atoms. The van der Waals surface area contributed by atoms with Gasteiger partial charge in [-0.05, 0) is 37.3 Å². The van der Waals surface area contributed by atoms with Gasteiger partial charge in [0.25, 0.3) is 0 Å². The minimum absolute atomic E-state index is 0.0790. The second-order valence-corrected chi connectivity index (χ2v) is 5.90. The molecule has 3 rings (SSSR count). The molecule has 3 nitrogen and oxygen atoms in total. The van der Waals surface area contributed by atoms with E-state index in [1.807, 2.05) is 55.5 Å². The Morgan fingerprint density at radius 1 is 1.14 bits per heavy atom. The van der Waals surface area contributed by atoms with Crippen LogP contribution in [0.2, 0.25) is 0 Å². The van der Waals surface area contributed by atoms with Crippen molar-refractivity contribution >= 4 is 38.3 Å². The third-order valence-corrected chi connectivity index (χ3v) is 4.00. The van der Waals surface area contributed by atoms with Crippen molar-refractivity contribution in [2.45, 2.75) is 13.0 Å². The first-order valence-corrected chi connectivity index (χ1v) is 7.57. The SMILES string of the molecule is C[C@H](Nc1ccc(Br)cc1)C(=O)c1c[nH]c2ccccc12. The van der Waals surface area contributed by atoms with Crippen LogP contribution in [0.25, 0.3) is 10.9 Å². The van der Waals surface area contributed by atoms with Crippen molar-refractivity contribution in [3.8, 4) is 0 Å². The Balaban J connectivity index is 1.82. The van der Waals surface area contributed by atoms with E-state index >= 15 is 0 Å². The Kier molecular flexibility index (Phi) is 3.80. The van der Waals surface area contributed by atoms with E-state index in [1.54, 1.807) is 6.20 Å². The Hall–Kier alpha value is -2.07. The first-order chi connectivity index (χ1) is 10.1. The van der Waals surface area contributed by atoms with Crippen molar-refractivity contribution in [2.75, 3.05) is 5.32 Å². The fourth-order valence-corrected chi connectivity index (χ4v) is 2.63. The molecular weight excluding hydrogens is 328 g/mol. The van der Waals surface area contributed by atoms with Crippen molar-refractivity contribution < 1.29 is 4.79 Å². The van der Waals surface area contributed by atoms with Crippen molar-refractivity contribution in [1.29, 1.82) is 0 Å². The molecule has 0 saturated heterocycles. The van der Waals surface area contributed by atoms with Crippen LogP contribution in [0.15, 0.2) is 59.2 Å². The average Bonchev–Trinajstić information content (AvgIpc) is 2.92. The van der Waals surface area contributed by atoms with E-state index in [-0.39, 0.29) is 11.8 Å². The van der Waals surface area contributed by atoms with Crippen LogP contribution >= 0.6 is 15.9 Å². The quantitative estimate of drug-likeness (QED) is 0.680. The molecule has 0 unspecified atom stereocenters. The molecule has 2 N–H and O–H groups in total. The van der Waals surface area contributed by atoms with Crippen LogP contribution in [0.3, 0.4) is 0 Å². The highest BCUT2D eigenvalue weighted by atomic mass is 79.9. The molecule has 0 fully saturated rings. The zero-order valence-electron chi connectivity index (χ0n) is 11.6. The minimum Gasteiger partial charge on any atom is -0.375 e. The molecule has 21 heavy (non-hydrogen) atoms. The van der Waals surface area contributed by atoms with E-state index in [4.69, 9.17) is 0 Å². The molecule has 0 saturated carbocycles. The van der Waals surface area contributed by atoms with Gasteiger partial charge in [-0.3, -0.25) is 4.79 Å². The number of anilines is 1. The number of hydrogen-bond acceptors (Lipinski definition) is 2. The molecule has 0 radical (unpaired) electrons. The smallest absolute Gasteiger partial charge is 0.186 e. The largest absolute Gasteiger partial charge is 0.375 e. The van der Waals surface area contributed by atoms with Gasteiger partial charge in [-0.1, -0.05) is 34.1 Å². The average molecular weight is 343 g/mol. The Morgan fingerprint density at radius 2 is 1.86 bits per heavy atom. The van der Waals surface area contributed by atoms with Gasteiger partial charge in [0.05, 0.1) is 6.04 Å². The summed E-state index contributed by atoms with van der Waals surface area (Å²) < 4.78 is 1.02. The number of para-hydroxylation sites is 1. The highest BCUT2D eigenvalue weighted by Gasteiger charge is 2.18. The second-order valence-electron chi connectivity index (χ2n) is 4.99. The van der Waals surface area contributed by atoms with Gasteiger partial charge in [-0.2, -0.15) is 0 Å². The predicted molar refractivity (Wildman–Crippen MR) is 89.9 cm³/mol. The van der Waals surface area contributed by atoms with Gasteiger partial charge in [0.15, 0.2) is 5.78 Å². The van der Waals surface area contributed by atoms with Crippen LogP contribution in [0.4, 0.5) is 5.69 Å². The van der Waals surface area contributed by atoms with Gasteiger partial charge in [0.2, 0.25) is 0 Å². The first-order valence-electron chi connectivity index (χ1n) is 6.77. The molecule has 0 amide bonds. The van der Waals surface area contributed by atoms with Gasteiger partial charge < -0.3 is 10.3 Å². The van der Waals surface area contributed by atoms with E-state index in [9.17, 15) is 4.79 Å². The number of aromatic nitrogens is 1. The summed E-state index contributed by atoms with van der Waals surface area (Å²) in [4.78, 5) is 15.7. The number of halogens is 1. The molecule has 2 aromatic carbocycles. The van der Waals surface area contributed by atoms with Gasteiger partial charge in [-0.25, -0.2) is 0 Å². The number of ketones is 1. The zero-order chi connectivity index (χ0) is 14.8. The molecule has 106 valence electrons. The summed E-state index contributed by atoms with van der Waals surface area (Å²) in [6.07, 6.45) is 1.78. The zero-order valence-corrected chi connectivity index (χ0v) is 13.1. The standard InChI is InChI=1S/C17H15BrN2O/c1-11(20-13-8-6-12(18)7-9-13)17(21)15-10-19-16-5-3-2-4-14(15)16/h2-11,19-20H,1H3/t11-/m0/s1. The summed E-state index contributed by atoms with van der Waals surface area (Å²) >= 11 is 3.40. The number of fused-ring (bicyclic) bond motifs is 1. The number of hydrogen-bond donors (Lipinski definition) is 2. The molecule has 3 aromatic rings. The van der Waals surface area contributed by atoms with E-state index < -0.39 is 0 Å². The van der Waals surface area contributed by atoms with E-state index in [2.05, 4.69) is 26.2 Å².